The molecule has 3 N–H and O–H groups in total. The highest BCUT2D eigenvalue weighted by Gasteiger charge is 2.25. The minimum absolute atomic E-state index is 0.00651. The number of hydrogen-bond acceptors (Lipinski definition) is 6. The Morgan fingerprint density at radius 3 is 2.24 bits per heavy atom. The number of amides is 2. The molecule has 33 heavy (non-hydrogen) atoms. The number of ether oxygens (including phenoxy) is 1. The molecule has 0 aliphatic carbocycles. The molecule has 0 atom stereocenters. The van der Waals surface area contributed by atoms with Crippen LogP contribution in [0.2, 0.25) is 0 Å². The molecule has 2 aromatic carbocycles. The number of piperidine rings is 1. The third kappa shape index (κ3) is 6.69. The molecule has 0 saturated carbocycles. The summed E-state index contributed by atoms with van der Waals surface area (Å²) in [5.74, 6) is -0.0843. The summed E-state index contributed by atoms with van der Waals surface area (Å²) in [5, 5.41) is 2.78. The maximum atomic E-state index is 12.8. The van der Waals surface area contributed by atoms with Crippen LogP contribution in [0.1, 0.15) is 25.7 Å². The first-order valence-corrected chi connectivity index (χ1v) is 12.3. The number of primary amides is 1. The van der Waals surface area contributed by atoms with Crippen LogP contribution in [-0.2, 0) is 19.6 Å². The fourth-order valence-electron chi connectivity index (χ4n) is 3.68. The maximum Gasteiger partial charge on any atom is 0.243 e. The standard InChI is InChI=1S/C23H30N4O5S/c1-32-20-9-7-19(8-10-20)26(16-13-22(24)28)17-23(29)25-18-5-11-21(12-6-18)33(30,31)27-14-3-2-4-15-27/h5-12H,2-4,13-17H2,1H3,(H2,24,28)(H,25,29). The van der Waals surface area contributed by atoms with E-state index in [2.05, 4.69) is 5.32 Å². The second kappa shape index (κ2) is 11.2. The van der Waals surface area contributed by atoms with E-state index in [1.54, 1.807) is 48.4 Å². The zero-order valence-corrected chi connectivity index (χ0v) is 19.5. The molecule has 0 radical (unpaired) electrons. The van der Waals surface area contributed by atoms with Crippen LogP contribution in [0.5, 0.6) is 5.75 Å². The third-order valence-corrected chi connectivity index (χ3v) is 7.40. The van der Waals surface area contributed by atoms with E-state index in [1.165, 1.54) is 16.4 Å². The van der Waals surface area contributed by atoms with Crippen molar-refractivity contribution in [3.63, 3.8) is 0 Å². The largest absolute Gasteiger partial charge is 0.497 e. The Labute approximate surface area is 194 Å². The number of carbonyl (C=O) groups excluding carboxylic acids is 2. The lowest BCUT2D eigenvalue weighted by molar-refractivity contribution is -0.118. The van der Waals surface area contributed by atoms with Crippen LogP contribution in [0, 0.1) is 0 Å². The highest BCUT2D eigenvalue weighted by molar-refractivity contribution is 7.89. The van der Waals surface area contributed by atoms with Crippen LogP contribution < -0.4 is 20.7 Å². The highest BCUT2D eigenvalue weighted by Crippen LogP contribution is 2.23. The number of benzene rings is 2. The molecule has 1 aliphatic rings. The molecule has 0 unspecified atom stereocenters. The Morgan fingerprint density at radius 1 is 1.03 bits per heavy atom. The van der Waals surface area contributed by atoms with E-state index in [4.69, 9.17) is 10.5 Å². The van der Waals surface area contributed by atoms with Gasteiger partial charge in [-0.25, -0.2) is 8.42 Å². The summed E-state index contributed by atoms with van der Waals surface area (Å²) in [6, 6.07) is 13.3. The molecule has 1 fully saturated rings. The maximum absolute atomic E-state index is 12.8. The lowest BCUT2D eigenvalue weighted by Gasteiger charge is -2.26. The average molecular weight is 475 g/mol. The van der Waals surface area contributed by atoms with E-state index in [0.29, 0.717) is 24.5 Å². The van der Waals surface area contributed by atoms with Gasteiger partial charge in [0.25, 0.3) is 0 Å². The van der Waals surface area contributed by atoms with E-state index in [-0.39, 0.29) is 30.3 Å². The van der Waals surface area contributed by atoms with Gasteiger partial charge in [-0.15, -0.1) is 0 Å². The topological polar surface area (TPSA) is 122 Å². The molecule has 1 aliphatic heterocycles. The Bertz CT molecular complexity index is 1050. The number of hydrogen-bond donors (Lipinski definition) is 2. The molecule has 3 rings (SSSR count). The van der Waals surface area contributed by atoms with E-state index in [9.17, 15) is 18.0 Å². The van der Waals surface area contributed by atoms with Gasteiger partial charge in [0.05, 0.1) is 18.6 Å². The summed E-state index contributed by atoms with van der Waals surface area (Å²) in [4.78, 5) is 25.9. The van der Waals surface area contributed by atoms with Crippen LogP contribution in [0.4, 0.5) is 11.4 Å². The predicted octanol–water partition coefficient (Wildman–Crippen LogP) is 2.19. The van der Waals surface area contributed by atoms with Crippen molar-refractivity contribution in [3.8, 4) is 5.75 Å². The van der Waals surface area contributed by atoms with Crippen LogP contribution in [-0.4, -0.2) is 57.8 Å². The molecule has 2 amide bonds. The second-order valence-electron chi connectivity index (χ2n) is 7.87. The van der Waals surface area contributed by atoms with Gasteiger partial charge in [0, 0.05) is 37.4 Å². The highest BCUT2D eigenvalue weighted by atomic mass is 32.2. The van der Waals surface area contributed by atoms with E-state index >= 15 is 0 Å². The summed E-state index contributed by atoms with van der Waals surface area (Å²) in [6.07, 6.45) is 2.88. The first-order chi connectivity index (χ1) is 15.8. The summed E-state index contributed by atoms with van der Waals surface area (Å²) in [7, 11) is -1.96. The van der Waals surface area contributed by atoms with Gasteiger partial charge >= 0.3 is 0 Å². The van der Waals surface area contributed by atoms with Crippen molar-refractivity contribution in [1.82, 2.24) is 4.31 Å². The van der Waals surface area contributed by atoms with Crippen LogP contribution in [0.25, 0.3) is 0 Å². The Kier molecular flexibility index (Phi) is 8.29. The summed E-state index contributed by atoms with van der Waals surface area (Å²) >= 11 is 0. The van der Waals surface area contributed by atoms with Crippen molar-refractivity contribution in [2.24, 2.45) is 5.73 Å². The smallest absolute Gasteiger partial charge is 0.243 e. The van der Waals surface area contributed by atoms with Gasteiger partial charge in [0.15, 0.2) is 0 Å². The number of methoxy groups -OCH3 is 1. The average Bonchev–Trinajstić information content (AvgIpc) is 2.82. The first-order valence-electron chi connectivity index (χ1n) is 10.9. The number of anilines is 2. The predicted molar refractivity (Wildman–Crippen MR) is 127 cm³/mol. The Balaban J connectivity index is 1.66. The number of nitrogens with zero attached hydrogens (tertiary/aromatic N) is 2. The second-order valence-corrected chi connectivity index (χ2v) is 9.81. The molecule has 10 heteroatoms. The Morgan fingerprint density at radius 2 is 1.67 bits per heavy atom. The molecule has 178 valence electrons. The van der Waals surface area contributed by atoms with E-state index < -0.39 is 15.9 Å². The molecular weight excluding hydrogens is 444 g/mol. The third-order valence-electron chi connectivity index (χ3n) is 5.49. The van der Waals surface area contributed by atoms with Crippen LogP contribution in [0.15, 0.2) is 53.4 Å². The van der Waals surface area contributed by atoms with Crippen molar-refractivity contribution in [2.75, 3.05) is 43.5 Å². The monoisotopic (exact) mass is 474 g/mol. The van der Waals surface area contributed by atoms with Crippen molar-refractivity contribution in [3.05, 3.63) is 48.5 Å². The van der Waals surface area contributed by atoms with Crippen molar-refractivity contribution in [1.29, 1.82) is 0 Å². The lowest BCUT2D eigenvalue weighted by Crippen LogP contribution is -2.36. The van der Waals surface area contributed by atoms with Gasteiger partial charge in [0.2, 0.25) is 21.8 Å². The molecule has 0 aromatic heterocycles. The van der Waals surface area contributed by atoms with Crippen molar-refractivity contribution in [2.45, 2.75) is 30.6 Å². The minimum atomic E-state index is -3.53. The van der Waals surface area contributed by atoms with Gasteiger partial charge in [-0.2, -0.15) is 4.31 Å². The van der Waals surface area contributed by atoms with Gasteiger partial charge in [0.1, 0.15) is 5.75 Å². The van der Waals surface area contributed by atoms with Gasteiger partial charge in [-0.3, -0.25) is 9.59 Å². The zero-order valence-electron chi connectivity index (χ0n) is 18.7. The summed E-state index contributed by atoms with van der Waals surface area (Å²) in [5.41, 5.74) is 6.52. The zero-order chi connectivity index (χ0) is 23.8. The first kappa shape index (κ1) is 24.5. The molecule has 0 spiro atoms. The number of nitrogens with two attached hydrogens (primary N) is 1. The Hall–Kier alpha value is -3.11. The van der Waals surface area contributed by atoms with E-state index in [1.807, 2.05) is 0 Å². The van der Waals surface area contributed by atoms with Crippen molar-refractivity contribution < 1.29 is 22.7 Å². The molecular formula is C23H30N4O5S. The van der Waals surface area contributed by atoms with Gasteiger partial charge in [-0.1, -0.05) is 6.42 Å². The number of sulfonamides is 1. The van der Waals surface area contributed by atoms with Crippen molar-refractivity contribution >= 4 is 33.2 Å². The SMILES string of the molecule is COc1ccc(N(CCC(N)=O)CC(=O)Nc2ccc(S(=O)(=O)N3CCCCC3)cc2)cc1. The van der Waals surface area contributed by atoms with E-state index in [0.717, 1.165) is 24.9 Å². The van der Waals surface area contributed by atoms with Crippen LogP contribution in [0.3, 0.4) is 0 Å². The minimum Gasteiger partial charge on any atom is -0.497 e. The summed E-state index contributed by atoms with van der Waals surface area (Å²) in [6.45, 7) is 1.34. The normalized spacial score (nSPS) is 14.5. The lowest BCUT2D eigenvalue weighted by atomic mass is 10.2. The quantitative estimate of drug-likeness (QED) is 0.544. The fourth-order valence-corrected chi connectivity index (χ4v) is 5.19. The molecule has 0 bridgehead atoms. The molecule has 1 heterocycles. The molecule has 2 aromatic rings. The number of carbonyl (C=O) groups is 2. The number of nitrogens with one attached hydrogen (secondary N) is 1. The number of rotatable bonds is 10. The molecule has 1 saturated heterocycles. The molecule has 9 nitrogen and oxygen atoms in total. The summed E-state index contributed by atoms with van der Waals surface area (Å²) < 4.78 is 32.2. The van der Waals surface area contributed by atoms with Gasteiger partial charge < -0.3 is 20.7 Å². The fraction of sp³-hybridized carbons (Fsp3) is 0.391. The van der Waals surface area contributed by atoms with Crippen LogP contribution >= 0.6 is 0 Å². The van der Waals surface area contributed by atoms with Gasteiger partial charge in [-0.05, 0) is 61.4 Å².